The van der Waals surface area contributed by atoms with Crippen molar-refractivity contribution in [3.8, 4) is 0 Å². The molecule has 1 N–H and O–H groups in total. The first-order chi connectivity index (χ1) is 3.97. The standard InChI is InChI=1S/C5H5N3/c1-2-8-4-6-3-5(8)7-1/h1-4,7H. The summed E-state index contributed by atoms with van der Waals surface area (Å²) in [5, 5.41) is 0. The zero-order chi connectivity index (χ0) is 5.40. The minimum atomic E-state index is 1.03. The van der Waals surface area contributed by atoms with Gasteiger partial charge in [0.1, 0.15) is 12.0 Å². The van der Waals surface area contributed by atoms with E-state index >= 15 is 0 Å². The maximum atomic E-state index is 3.89. The van der Waals surface area contributed by atoms with Gasteiger partial charge in [0.25, 0.3) is 0 Å². The first kappa shape index (κ1) is 3.72. The molecule has 8 heavy (non-hydrogen) atoms. The predicted molar refractivity (Wildman–Crippen MR) is 29.5 cm³/mol. The number of imidazole rings is 2. The number of nitrogens with zero attached hydrogens (tertiary/aromatic N) is 2. The maximum Gasteiger partial charge on any atom is 0.134 e. The Bertz CT molecular complexity index is 229. The van der Waals surface area contributed by atoms with Crippen molar-refractivity contribution in [1.82, 2.24) is 14.4 Å². The molecule has 0 aliphatic rings. The second-order valence-electron chi connectivity index (χ2n) is 1.65. The smallest absolute Gasteiger partial charge is 0.134 e. The fourth-order valence-corrected chi connectivity index (χ4v) is 0.738. The number of fused-ring (bicyclic) bond motifs is 1. The van der Waals surface area contributed by atoms with Gasteiger partial charge in [0.15, 0.2) is 0 Å². The fraction of sp³-hybridized carbons (Fsp3) is 0. The summed E-state index contributed by atoms with van der Waals surface area (Å²) < 4.78 is 1.92. The molecule has 0 atom stereocenters. The van der Waals surface area contributed by atoms with E-state index in [0.717, 1.165) is 5.65 Å². The van der Waals surface area contributed by atoms with Crippen molar-refractivity contribution in [1.29, 1.82) is 0 Å². The van der Waals surface area contributed by atoms with Crippen molar-refractivity contribution in [3.05, 3.63) is 24.9 Å². The molecule has 2 aromatic rings. The number of rotatable bonds is 0. The Hall–Kier alpha value is -1.25. The summed E-state index contributed by atoms with van der Waals surface area (Å²) >= 11 is 0. The Morgan fingerprint density at radius 3 is 3.50 bits per heavy atom. The highest BCUT2D eigenvalue weighted by atomic mass is 15.0. The first-order valence-electron chi connectivity index (χ1n) is 2.42. The van der Waals surface area contributed by atoms with E-state index in [1.165, 1.54) is 0 Å². The molecule has 0 unspecified atom stereocenters. The van der Waals surface area contributed by atoms with Gasteiger partial charge in [-0.05, 0) is 0 Å². The third-order valence-corrected chi connectivity index (χ3v) is 1.13. The first-order valence-corrected chi connectivity index (χ1v) is 2.42. The van der Waals surface area contributed by atoms with Crippen LogP contribution < -0.4 is 0 Å². The molecule has 0 aliphatic heterocycles. The Morgan fingerprint density at radius 1 is 1.62 bits per heavy atom. The highest BCUT2D eigenvalue weighted by Gasteiger charge is 1.86. The summed E-state index contributed by atoms with van der Waals surface area (Å²) in [4.78, 5) is 6.89. The SMILES string of the molecule is c1cn2cncc2[nH]1. The van der Waals surface area contributed by atoms with Crippen LogP contribution in [0.1, 0.15) is 0 Å². The van der Waals surface area contributed by atoms with Crippen LogP contribution in [0.3, 0.4) is 0 Å². The summed E-state index contributed by atoms with van der Waals surface area (Å²) in [5.74, 6) is 0. The number of H-pyrrole nitrogens is 1. The van der Waals surface area contributed by atoms with Crippen molar-refractivity contribution < 1.29 is 0 Å². The maximum absolute atomic E-state index is 3.89. The van der Waals surface area contributed by atoms with Crippen LogP contribution in [0.5, 0.6) is 0 Å². The Morgan fingerprint density at radius 2 is 2.62 bits per heavy atom. The largest absolute Gasteiger partial charge is 0.345 e. The number of aromatic nitrogens is 3. The van der Waals surface area contributed by atoms with Crippen LogP contribution in [0.2, 0.25) is 0 Å². The van der Waals surface area contributed by atoms with Gasteiger partial charge in [-0.1, -0.05) is 0 Å². The van der Waals surface area contributed by atoms with Gasteiger partial charge in [-0.3, -0.25) is 4.40 Å². The number of hydrogen-bond acceptors (Lipinski definition) is 1. The monoisotopic (exact) mass is 107 g/mol. The van der Waals surface area contributed by atoms with Gasteiger partial charge in [0, 0.05) is 12.4 Å². The van der Waals surface area contributed by atoms with Gasteiger partial charge in [-0.25, -0.2) is 4.98 Å². The van der Waals surface area contributed by atoms with E-state index in [1.54, 1.807) is 12.5 Å². The Balaban J connectivity index is 3.06. The summed E-state index contributed by atoms with van der Waals surface area (Å²) in [6.45, 7) is 0. The van der Waals surface area contributed by atoms with Gasteiger partial charge in [0.05, 0.1) is 6.20 Å². The van der Waals surface area contributed by atoms with E-state index in [1.807, 2.05) is 16.8 Å². The van der Waals surface area contributed by atoms with Gasteiger partial charge >= 0.3 is 0 Å². The van der Waals surface area contributed by atoms with Crippen molar-refractivity contribution in [2.45, 2.75) is 0 Å². The average Bonchev–Trinajstić information content (AvgIpc) is 2.15. The fourth-order valence-electron chi connectivity index (χ4n) is 0.738. The lowest BCUT2D eigenvalue weighted by Gasteiger charge is -1.72. The molecule has 0 saturated carbocycles. The van der Waals surface area contributed by atoms with Crippen LogP contribution in [0.25, 0.3) is 5.65 Å². The minimum absolute atomic E-state index is 1.03. The molecule has 2 aromatic heterocycles. The normalized spacial score (nSPS) is 10.5. The van der Waals surface area contributed by atoms with Crippen LogP contribution in [0, 0.1) is 0 Å². The predicted octanol–water partition coefficient (Wildman–Crippen LogP) is 0.662. The molecule has 0 aromatic carbocycles. The summed E-state index contributed by atoms with van der Waals surface area (Å²) in [7, 11) is 0. The zero-order valence-corrected chi connectivity index (χ0v) is 4.20. The molecular weight excluding hydrogens is 102 g/mol. The minimum Gasteiger partial charge on any atom is -0.345 e. The summed E-state index contributed by atoms with van der Waals surface area (Å²) in [5.41, 5.74) is 1.03. The van der Waals surface area contributed by atoms with Crippen LogP contribution >= 0.6 is 0 Å². The molecule has 0 fully saturated rings. The molecule has 0 aliphatic carbocycles. The summed E-state index contributed by atoms with van der Waals surface area (Å²) in [6, 6.07) is 0. The quantitative estimate of drug-likeness (QED) is 0.527. The third-order valence-electron chi connectivity index (χ3n) is 1.13. The van der Waals surface area contributed by atoms with Crippen LogP contribution in [-0.2, 0) is 0 Å². The Labute approximate surface area is 46.0 Å². The number of hydrogen-bond donors (Lipinski definition) is 1. The Kier molecular flexibility index (Phi) is 0.521. The van der Waals surface area contributed by atoms with Gasteiger partial charge < -0.3 is 4.98 Å². The van der Waals surface area contributed by atoms with E-state index in [0.29, 0.717) is 0 Å². The van der Waals surface area contributed by atoms with E-state index in [-0.39, 0.29) is 0 Å². The van der Waals surface area contributed by atoms with Gasteiger partial charge in [-0.15, -0.1) is 0 Å². The molecular formula is C5H5N3. The number of aromatic amines is 1. The van der Waals surface area contributed by atoms with Crippen molar-refractivity contribution in [2.24, 2.45) is 0 Å². The average molecular weight is 107 g/mol. The topological polar surface area (TPSA) is 33.1 Å². The third kappa shape index (κ3) is 0.307. The highest BCUT2D eigenvalue weighted by Crippen LogP contribution is 1.94. The molecule has 0 saturated heterocycles. The number of nitrogens with one attached hydrogen (secondary N) is 1. The molecule has 0 radical (unpaired) electrons. The molecule has 0 bridgehead atoms. The summed E-state index contributed by atoms with van der Waals surface area (Å²) in [6.07, 6.45) is 7.32. The van der Waals surface area contributed by atoms with E-state index in [2.05, 4.69) is 9.97 Å². The van der Waals surface area contributed by atoms with Crippen molar-refractivity contribution >= 4 is 5.65 Å². The molecule has 2 heterocycles. The molecule has 40 valence electrons. The lowest BCUT2D eigenvalue weighted by atomic mass is 10.8. The van der Waals surface area contributed by atoms with E-state index < -0.39 is 0 Å². The lowest BCUT2D eigenvalue weighted by molar-refractivity contribution is 1.18. The van der Waals surface area contributed by atoms with Gasteiger partial charge in [-0.2, -0.15) is 0 Å². The second-order valence-corrected chi connectivity index (χ2v) is 1.65. The molecule has 0 amide bonds. The van der Waals surface area contributed by atoms with Crippen LogP contribution in [0.4, 0.5) is 0 Å². The van der Waals surface area contributed by atoms with Gasteiger partial charge in [0.2, 0.25) is 0 Å². The van der Waals surface area contributed by atoms with Crippen molar-refractivity contribution in [2.75, 3.05) is 0 Å². The van der Waals surface area contributed by atoms with Crippen LogP contribution in [0.15, 0.2) is 24.9 Å². The molecule has 3 nitrogen and oxygen atoms in total. The van der Waals surface area contributed by atoms with Crippen molar-refractivity contribution in [3.63, 3.8) is 0 Å². The molecule has 3 heteroatoms. The van der Waals surface area contributed by atoms with E-state index in [4.69, 9.17) is 0 Å². The highest BCUT2D eigenvalue weighted by molar-refractivity contribution is 5.33. The molecule has 0 spiro atoms. The van der Waals surface area contributed by atoms with Crippen LogP contribution in [-0.4, -0.2) is 14.4 Å². The van der Waals surface area contributed by atoms with E-state index in [9.17, 15) is 0 Å². The molecule has 2 rings (SSSR count). The lowest BCUT2D eigenvalue weighted by Crippen LogP contribution is -1.67. The zero-order valence-electron chi connectivity index (χ0n) is 4.20. The second kappa shape index (κ2) is 1.12.